The van der Waals surface area contributed by atoms with Gasteiger partial charge in [0.1, 0.15) is 5.75 Å². The lowest BCUT2D eigenvalue weighted by Gasteiger charge is -2.14. The monoisotopic (exact) mass is 442 g/mol. The van der Waals surface area contributed by atoms with Crippen LogP contribution in [0, 0.1) is 6.92 Å². The number of para-hydroxylation sites is 1. The molecule has 5 aromatic rings. The molecular weight excluding hydrogens is 420 g/mol. The molecule has 5 rings (SSSR count). The number of rotatable bonds is 6. The molecule has 0 aliphatic rings. The summed E-state index contributed by atoms with van der Waals surface area (Å²) in [6, 6.07) is 23.7. The second-order valence-corrected chi connectivity index (χ2v) is 8.60. The van der Waals surface area contributed by atoms with E-state index in [1.54, 1.807) is 23.4 Å². The smallest absolute Gasteiger partial charge is 0.267 e. The third-order valence-corrected chi connectivity index (χ3v) is 6.37. The van der Waals surface area contributed by atoms with Crippen LogP contribution in [0.15, 0.2) is 82.7 Å². The number of thioether (sulfide) groups is 1. The number of aromatic nitrogens is 4. The molecule has 0 aliphatic carbocycles. The van der Waals surface area contributed by atoms with Crippen molar-refractivity contribution in [3.8, 4) is 11.4 Å². The zero-order valence-corrected chi connectivity index (χ0v) is 18.7. The Morgan fingerprint density at radius 2 is 1.75 bits per heavy atom. The summed E-state index contributed by atoms with van der Waals surface area (Å²) in [5.74, 6) is 1.93. The van der Waals surface area contributed by atoms with Gasteiger partial charge in [0.2, 0.25) is 5.78 Å². The molecule has 160 valence electrons. The molecule has 2 aromatic heterocycles. The van der Waals surface area contributed by atoms with Gasteiger partial charge >= 0.3 is 0 Å². The molecule has 0 fully saturated rings. The fourth-order valence-electron chi connectivity index (χ4n) is 3.87. The summed E-state index contributed by atoms with van der Waals surface area (Å²) >= 11 is 1.63. The second-order valence-electron chi connectivity index (χ2n) is 7.54. The third kappa shape index (κ3) is 3.54. The van der Waals surface area contributed by atoms with E-state index < -0.39 is 0 Å². The van der Waals surface area contributed by atoms with Gasteiger partial charge in [0.15, 0.2) is 5.16 Å². The molecule has 0 saturated carbocycles. The number of hydrogen-bond acceptors (Lipinski definition) is 5. The zero-order valence-electron chi connectivity index (χ0n) is 17.9. The third-order valence-electron chi connectivity index (χ3n) is 5.43. The molecular formula is C25H22N4O2S. The molecule has 7 heteroatoms. The average molecular weight is 443 g/mol. The Balaban J connectivity index is 1.68. The maximum atomic E-state index is 13.6. The van der Waals surface area contributed by atoms with Crippen LogP contribution in [-0.2, 0) is 6.42 Å². The molecule has 0 saturated heterocycles. The van der Waals surface area contributed by atoms with Crippen LogP contribution in [0.1, 0.15) is 11.1 Å². The number of nitrogens with zero attached hydrogens (tertiary/aromatic N) is 4. The lowest BCUT2D eigenvalue weighted by molar-refractivity contribution is 0.412. The Morgan fingerprint density at radius 1 is 0.969 bits per heavy atom. The highest BCUT2D eigenvalue weighted by Gasteiger charge is 2.20. The van der Waals surface area contributed by atoms with Crippen molar-refractivity contribution in [1.29, 1.82) is 0 Å². The number of fused-ring (bicyclic) bond motifs is 3. The largest absolute Gasteiger partial charge is 0.495 e. The summed E-state index contributed by atoms with van der Waals surface area (Å²) in [5.41, 5.74) is 3.60. The van der Waals surface area contributed by atoms with Crippen molar-refractivity contribution in [3.63, 3.8) is 0 Å². The number of methoxy groups -OCH3 is 1. The first-order chi connectivity index (χ1) is 15.7. The summed E-state index contributed by atoms with van der Waals surface area (Å²) in [7, 11) is 1.60. The van der Waals surface area contributed by atoms with Crippen LogP contribution in [0.4, 0.5) is 0 Å². The minimum Gasteiger partial charge on any atom is -0.495 e. The van der Waals surface area contributed by atoms with Gasteiger partial charge in [-0.25, -0.2) is 4.57 Å². The van der Waals surface area contributed by atoms with E-state index in [1.165, 1.54) is 5.56 Å². The van der Waals surface area contributed by atoms with Gasteiger partial charge < -0.3 is 4.74 Å². The van der Waals surface area contributed by atoms with Crippen LogP contribution < -0.4 is 10.3 Å². The van der Waals surface area contributed by atoms with Crippen LogP contribution in [0.25, 0.3) is 22.4 Å². The number of aryl methyl sites for hydroxylation is 2. The Morgan fingerprint density at radius 3 is 2.56 bits per heavy atom. The highest BCUT2D eigenvalue weighted by Crippen LogP contribution is 2.28. The molecule has 0 atom stereocenters. The summed E-state index contributed by atoms with van der Waals surface area (Å²) in [4.78, 5) is 13.6. The molecule has 0 aliphatic heterocycles. The highest BCUT2D eigenvalue weighted by molar-refractivity contribution is 7.99. The Labute approximate surface area is 189 Å². The van der Waals surface area contributed by atoms with Crippen LogP contribution in [-0.4, -0.2) is 32.0 Å². The van der Waals surface area contributed by atoms with Crippen molar-refractivity contribution in [1.82, 2.24) is 19.2 Å². The van der Waals surface area contributed by atoms with Crippen LogP contribution >= 0.6 is 11.8 Å². The predicted molar refractivity (Wildman–Crippen MR) is 128 cm³/mol. The van der Waals surface area contributed by atoms with E-state index in [2.05, 4.69) is 22.3 Å². The molecule has 0 bridgehead atoms. The molecule has 0 radical (unpaired) electrons. The fourth-order valence-corrected chi connectivity index (χ4v) is 4.80. The van der Waals surface area contributed by atoms with Crippen LogP contribution in [0.5, 0.6) is 5.75 Å². The Hall–Kier alpha value is -3.58. The minimum atomic E-state index is -0.148. The predicted octanol–water partition coefficient (Wildman–Crippen LogP) is 4.69. The topological polar surface area (TPSA) is 61.4 Å². The van der Waals surface area contributed by atoms with E-state index in [0.717, 1.165) is 28.4 Å². The molecule has 0 amide bonds. The van der Waals surface area contributed by atoms with Crippen molar-refractivity contribution >= 4 is 28.4 Å². The van der Waals surface area contributed by atoms with Gasteiger partial charge in [0.25, 0.3) is 5.56 Å². The number of hydrogen-bond donors (Lipinski definition) is 0. The van der Waals surface area contributed by atoms with Gasteiger partial charge in [0.05, 0.1) is 23.7 Å². The summed E-state index contributed by atoms with van der Waals surface area (Å²) in [6.45, 7) is 1.99. The van der Waals surface area contributed by atoms with E-state index in [1.807, 2.05) is 72.0 Å². The van der Waals surface area contributed by atoms with E-state index in [9.17, 15) is 4.79 Å². The van der Waals surface area contributed by atoms with Gasteiger partial charge in [-0.3, -0.25) is 9.20 Å². The normalized spacial score (nSPS) is 11.3. The average Bonchev–Trinajstić information content (AvgIpc) is 3.24. The second kappa shape index (κ2) is 8.51. The molecule has 6 nitrogen and oxygen atoms in total. The van der Waals surface area contributed by atoms with E-state index >= 15 is 0 Å². The first kappa shape index (κ1) is 20.3. The Bertz CT molecular complexity index is 1470. The fraction of sp³-hybridized carbons (Fsp3) is 0.160. The van der Waals surface area contributed by atoms with Gasteiger partial charge in [-0.05, 0) is 48.7 Å². The van der Waals surface area contributed by atoms with Crippen molar-refractivity contribution in [2.24, 2.45) is 0 Å². The standard InChI is InChI=1S/C25H22N4O2S/c1-17-12-13-22(31-2)21(16-17)28-23(30)19-10-6-7-11-20(19)29-24(28)26-27-25(29)32-15-14-18-8-4-3-5-9-18/h3-13,16H,14-15H2,1-2H3. The quantitative estimate of drug-likeness (QED) is 0.357. The van der Waals surface area contributed by atoms with Crippen molar-refractivity contribution in [3.05, 3.63) is 94.3 Å². The maximum absolute atomic E-state index is 13.6. The van der Waals surface area contributed by atoms with Crippen LogP contribution in [0.3, 0.4) is 0 Å². The molecule has 3 aromatic carbocycles. The SMILES string of the molecule is COc1ccc(C)cc1-n1c(=O)c2ccccc2n2c(SCCc3ccccc3)nnc12. The van der Waals surface area contributed by atoms with Gasteiger partial charge in [-0.15, -0.1) is 10.2 Å². The molecule has 32 heavy (non-hydrogen) atoms. The highest BCUT2D eigenvalue weighted by atomic mass is 32.2. The number of ether oxygens (including phenoxy) is 1. The number of benzene rings is 3. The molecule has 0 N–H and O–H groups in total. The molecule has 2 heterocycles. The molecule has 0 spiro atoms. The van der Waals surface area contributed by atoms with Gasteiger partial charge in [-0.2, -0.15) is 0 Å². The zero-order chi connectivity index (χ0) is 22.1. The van der Waals surface area contributed by atoms with E-state index in [-0.39, 0.29) is 5.56 Å². The lowest BCUT2D eigenvalue weighted by atomic mass is 10.2. The van der Waals surface area contributed by atoms with Gasteiger partial charge in [0, 0.05) is 5.75 Å². The Kier molecular flexibility index (Phi) is 5.41. The minimum absolute atomic E-state index is 0.148. The summed E-state index contributed by atoms with van der Waals surface area (Å²) in [6.07, 6.45) is 0.920. The first-order valence-electron chi connectivity index (χ1n) is 10.4. The lowest BCUT2D eigenvalue weighted by Crippen LogP contribution is -2.22. The molecule has 0 unspecified atom stereocenters. The van der Waals surface area contributed by atoms with Crippen molar-refractivity contribution in [2.75, 3.05) is 12.9 Å². The summed E-state index contributed by atoms with van der Waals surface area (Å²) in [5, 5.41) is 10.3. The first-order valence-corrected chi connectivity index (χ1v) is 11.4. The van der Waals surface area contributed by atoms with Crippen molar-refractivity contribution < 1.29 is 4.74 Å². The van der Waals surface area contributed by atoms with E-state index in [4.69, 9.17) is 4.74 Å². The van der Waals surface area contributed by atoms with Gasteiger partial charge in [-0.1, -0.05) is 60.3 Å². The summed E-state index contributed by atoms with van der Waals surface area (Å²) < 4.78 is 9.14. The van der Waals surface area contributed by atoms with Crippen LogP contribution in [0.2, 0.25) is 0 Å². The maximum Gasteiger partial charge on any atom is 0.267 e. The van der Waals surface area contributed by atoms with E-state index in [0.29, 0.717) is 22.6 Å². The van der Waals surface area contributed by atoms with Crippen molar-refractivity contribution in [2.45, 2.75) is 18.5 Å².